The number of aliphatic hydroxyl groups is 1. The first-order chi connectivity index (χ1) is 12.1. The standard InChI is InChI=1S/C21H38O4/c1-3-5-6-13-16-19(22)17-14-11-9-7-8-10-12-15-18-21(24)25-20(23)4-2/h11,14,19,22H,3-10,12-13,15-18H2,1-2H3/b14-11-/t19-/m1/s1. The number of allylic oxidation sites excluding steroid dienone is 1. The Kier molecular flexibility index (Phi) is 16.8. The third-order valence-corrected chi connectivity index (χ3v) is 4.23. The van der Waals surface area contributed by atoms with Crippen LogP contribution in [-0.2, 0) is 14.3 Å². The van der Waals surface area contributed by atoms with Crippen molar-refractivity contribution in [3.63, 3.8) is 0 Å². The number of hydrogen-bond donors (Lipinski definition) is 1. The van der Waals surface area contributed by atoms with Gasteiger partial charge in [0.15, 0.2) is 0 Å². The van der Waals surface area contributed by atoms with Gasteiger partial charge >= 0.3 is 11.9 Å². The Morgan fingerprint density at radius 3 is 2.28 bits per heavy atom. The molecule has 0 aliphatic carbocycles. The van der Waals surface area contributed by atoms with Gasteiger partial charge < -0.3 is 9.84 Å². The smallest absolute Gasteiger partial charge is 0.313 e. The van der Waals surface area contributed by atoms with E-state index in [1.165, 1.54) is 19.3 Å². The Bertz CT molecular complexity index is 363. The average Bonchev–Trinajstić information content (AvgIpc) is 2.60. The molecule has 0 rings (SSSR count). The molecule has 146 valence electrons. The van der Waals surface area contributed by atoms with E-state index < -0.39 is 11.9 Å². The molecule has 4 nitrogen and oxygen atoms in total. The van der Waals surface area contributed by atoms with Gasteiger partial charge in [-0.15, -0.1) is 0 Å². The van der Waals surface area contributed by atoms with Crippen LogP contribution in [0.15, 0.2) is 12.2 Å². The van der Waals surface area contributed by atoms with Gasteiger partial charge in [-0.25, -0.2) is 0 Å². The van der Waals surface area contributed by atoms with Gasteiger partial charge in [-0.1, -0.05) is 70.9 Å². The summed E-state index contributed by atoms with van der Waals surface area (Å²) in [6.07, 6.45) is 17.4. The minimum atomic E-state index is -0.442. The first-order valence-electron chi connectivity index (χ1n) is 10.2. The fourth-order valence-electron chi connectivity index (χ4n) is 2.61. The van der Waals surface area contributed by atoms with E-state index in [9.17, 15) is 14.7 Å². The molecule has 0 saturated heterocycles. The average molecular weight is 355 g/mol. The maximum atomic E-state index is 11.3. The quantitative estimate of drug-likeness (QED) is 0.173. The van der Waals surface area contributed by atoms with Crippen LogP contribution in [0.2, 0.25) is 0 Å². The lowest BCUT2D eigenvalue weighted by atomic mass is 10.1. The molecule has 25 heavy (non-hydrogen) atoms. The van der Waals surface area contributed by atoms with E-state index in [1.54, 1.807) is 6.92 Å². The SMILES string of the molecule is CCCCCC[C@@H](O)C/C=C\CCCCCCCC(=O)OC(=O)CC. The van der Waals surface area contributed by atoms with Gasteiger partial charge in [-0.05, 0) is 32.1 Å². The molecule has 0 spiro atoms. The normalized spacial score (nSPS) is 12.4. The molecular formula is C21H38O4. The molecule has 0 aliphatic heterocycles. The summed E-state index contributed by atoms with van der Waals surface area (Å²) in [4.78, 5) is 22.2. The number of carbonyl (C=O) groups excluding carboxylic acids is 2. The molecule has 0 heterocycles. The Hall–Kier alpha value is -1.16. The van der Waals surface area contributed by atoms with Crippen LogP contribution < -0.4 is 0 Å². The summed E-state index contributed by atoms with van der Waals surface area (Å²) in [5.74, 6) is -0.842. The van der Waals surface area contributed by atoms with Crippen molar-refractivity contribution in [2.75, 3.05) is 0 Å². The number of hydrogen-bond acceptors (Lipinski definition) is 4. The summed E-state index contributed by atoms with van der Waals surface area (Å²) in [6.45, 7) is 3.88. The summed E-state index contributed by atoms with van der Waals surface area (Å²) in [5, 5.41) is 9.85. The van der Waals surface area contributed by atoms with Gasteiger partial charge in [0.1, 0.15) is 0 Å². The third kappa shape index (κ3) is 17.5. The van der Waals surface area contributed by atoms with Crippen molar-refractivity contribution in [2.45, 2.75) is 110 Å². The van der Waals surface area contributed by atoms with Crippen LogP contribution in [-0.4, -0.2) is 23.1 Å². The van der Waals surface area contributed by atoms with Crippen LogP contribution in [0.3, 0.4) is 0 Å². The van der Waals surface area contributed by atoms with Crippen molar-refractivity contribution in [3.8, 4) is 0 Å². The maximum Gasteiger partial charge on any atom is 0.313 e. The second kappa shape index (κ2) is 17.7. The van der Waals surface area contributed by atoms with E-state index in [0.717, 1.165) is 57.8 Å². The van der Waals surface area contributed by atoms with Crippen LogP contribution in [0, 0.1) is 0 Å². The summed E-state index contributed by atoms with van der Waals surface area (Å²) in [6, 6.07) is 0. The predicted molar refractivity (Wildman–Crippen MR) is 102 cm³/mol. The highest BCUT2D eigenvalue weighted by atomic mass is 16.6. The van der Waals surface area contributed by atoms with E-state index in [0.29, 0.717) is 6.42 Å². The van der Waals surface area contributed by atoms with Gasteiger partial charge in [0.05, 0.1) is 6.10 Å². The second-order valence-electron chi connectivity index (χ2n) is 6.72. The van der Waals surface area contributed by atoms with E-state index in [-0.39, 0.29) is 12.5 Å². The van der Waals surface area contributed by atoms with Gasteiger partial charge in [0.2, 0.25) is 0 Å². The van der Waals surface area contributed by atoms with Gasteiger partial charge in [-0.3, -0.25) is 9.59 Å². The molecule has 0 bridgehead atoms. The molecule has 0 amide bonds. The topological polar surface area (TPSA) is 63.6 Å². The molecule has 1 atom stereocenters. The van der Waals surface area contributed by atoms with Gasteiger partial charge in [0, 0.05) is 12.8 Å². The Labute approximate surface area is 154 Å². The van der Waals surface area contributed by atoms with Crippen LogP contribution in [0.5, 0.6) is 0 Å². The van der Waals surface area contributed by atoms with E-state index in [1.807, 2.05) is 0 Å². The highest BCUT2D eigenvalue weighted by Crippen LogP contribution is 2.10. The largest absolute Gasteiger partial charge is 0.393 e. The van der Waals surface area contributed by atoms with Crippen molar-refractivity contribution in [1.82, 2.24) is 0 Å². The zero-order valence-corrected chi connectivity index (χ0v) is 16.3. The zero-order chi connectivity index (χ0) is 18.8. The third-order valence-electron chi connectivity index (χ3n) is 4.23. The first kappa shape index (κ1) is 23.8. The summed E-state index contributed by atoms with van der Waals surface area (Å²) < 4.78 is 4.62. The summed E-state index contributed by atoms with van der Waals surface area (Å²) in [5.41, 5.74) is 0. The molecule has 4 heteroatoms. The molecule has 0 aliphatic rings. The minimum Gasteiger partial charge on any atom is -0.393 e. The fourth-order valence-corrected chi connectivity index (χ4v) is 2.61. The molecule has 0 fully saturated rings. The molecule has 0 aromatic carbocycles. The number of rotatable bonds is 16. The van der Waals surface area contributed by atoms with Crippen LogP contribution in [0.25, 0.3) is 0 Å². The molecule has 0 unspecified atom stereocenters. The predicted octanol–water partition coefficient (Wildman–Crippen LogP) is 5.47. The van der Waals surface area contributed by atoms with E-state index >= 15 is 0 Å². The summed E-state index contributed by atoms with van der Waals surface area (Å²) >= 11 is 0. The van der Waals surface area contributed by atoms with Gasteiger partial charge in [0.25, 0.3) is 0 Å². The van der Waals surface area contributed by atoms with E-state index in [2.05, 4.69) is 23.8 Å². The van der Waals surface area contributed by atoms with Crippen molar-refractivity contribution in [1.29, 1.82) is 0 Å². The molecular weight excluding hydrogens is 316 g/mol. The van der Waals surface area contributed by atoms with Crippen molar-refractivity contribution >= 4 is 11.9 Å². The van der Waals surface area contributed by atoms with Crippen LogP contribution >= 0.6 is 0 Å². The highest BCUT2D eigenvalue weighted by Gasteiger charge is 2.07. The molecule has 0 aromatic rings. The Morgan fingerprint density at radius 2 is 1.56 bits per heavy atom. The number of aliphatic hydroxyl groups excluding tert-OH is 1. The number of unbranched alkanes of at least 4 members (excludes halogenated alkanes) is 8. The first-order valence-corrected chi connectivity index (χ1v) is 10.2. The second-order valence-corrected chi connectivity index (χ2v) is 6.72. The van der Waals surface area contributed by atoms with Gasteiger partial charge in [-0.2, -0.15) is 0 Å². The molecule has 0 radical (unpaired) electrons. The Morgan fingerprint density at radius 1 is 0.880 bits per heavy atom. The number of carbonyl (C=O) groups is 2. The monoisotopic (exact) mass is 354 g/mol. The van der Waals surface area contributed by atoms with Crippen LogP contribution in [0.1, 0.15) is 104 Å². The van der Waals surface area contributed by atoms with Crippen molar-refractivity contribution in [3.05, 3.63) is 12.2 Å². The summed E-state index contributed by atoms with van der Waals surface area (Å²) in [7, 11) is 0. The molecule has 0 saturated carbocycles. The Balaban J connectivity index is 3.37. The maximum absolute atomic E-state index is 11.3. The fraction of sp³-hybridized carbons (Fsp3) is 0.810. The highest BCUT2D eigenvalue weighted by molar-refractivity contribution is 5.85. The van der Waals surface area contributed by atoms with E-state index in [4.69, 9.17) is 0 Å². The lowest BCUT2D eigenvalue weighted by Gasteiger charge is -2.07. The minimum absolute atomic E-state index is 0.188. The van der Waals surface area contributed by atoms with Crippen molar-refractivity contribution < 1.29 is 19.4 Å². The zero-order valence-electron chi connectivity index (χ0n) is 16.3. The lowest BCUT2D eigenvalue weighted by Crippen LogP contribution is -2.10. The van der Waals surface area contributed by atoms with Crippen LogP contribution in [0.4, 0.5) is 0 Å². The van der Waals surface area contributed by atoms with Crippen molar-refractivity contribution in [2.24, 2.45) is 0 Å². The lowest BCUT2D eigenvalue weighted by molar-refractivity contribution is -0.159. The number of ether oxygens (including phenoxy) is 1. The molecule has 0 aromatic heterocycles. The molecule has 1 N–H and O–H groups in total. The number of esters is 2.